The zero-order valence-electron chi connectivity index (χ0n) is 6.17. The molecule has 0 aliphatic heterocycles. The van der Waals surface area contributed by atoms with Crippen molar-refractivity contribution in [1.82, 2.24) is 0 Å². The number of aldehydes is 1. The fourth-order valence-corrected chi connectivity index (χ4v) is 1.47. The van der Waals surface area contributed by atoms with Crippen molar-refractivity contribution in [2.75, 3.05) is 0 Å². The van der Waals surface area contributed by atoms with E-state index in [4.69, 9.17) is 0 Å². The predicted molar refractivity (Wildman–Crippen MR) is 37.6 cm³/mol. The first-order valence-electron chi connectivity index (χ1n) is 3.73. The van der Waals surface area contributed by atoms with Gasteiger partial charge in [-0.2, -0.15) is 0 Å². The minimum absolute atomic E-state index is 0.133. The Morgan fingerprint density at radius 1 is 1.60 bits per heavy atom. The largest absolute Gasteiger partial charge is 0.303 e. The third-order valence-electron chi connectivity index (χ3n) is 2.21. The van der Waals surface area contributed by atoms with E-state index in [0.717, 1.165) is 19.1 Å². The highest BCUT2D eigenvalue weighted by Crippen LogP contribution is 2.24. The minimum atomic E-state index is -0.297. The van der Waals surface area contributed by atoms with Crippen molar-refractivity contribution in [3.63, 3.8) is 0 Å². The number of carbonyl (C=O) groups excluding carboxylic acids is 2. The summed E-state index contributed by atoms with van der Waals surface area (Å²) < 4.78 is 0. The summed E-state index contributed by atoms with van der Waals surface area (Å²) in [6.45, 7) is 1.97. The number of carbonyl (C=O) groups is 2. The van der Waals surface area contributed by atoms with E-state index in [1.54, 1.807) is 0 Å². The molecule has 10 heavy (non-hydrogen) atoms. The summed E-state index contributed by atoms with van der Waals surface area (Å²) in [5, 5.41) is 0. The van der Waals surface area contributed by atoms with Crippen LogP contribution in [0, 0.1) is 11.8 Å². The fourth-order valence-electron chi connectivity index (χ4n) is 1.47. The van der Waals surface area contributed by atoms with Crippen molar-refractivity contribution in [2.45, 2.75) is 26.2 Å². The van der Waals surface area contributed by atoms with E-state index in [2.05, 4.69) is 0 Å². The molecule has 2 atom stereocenters. The van der Waals surface area contributed by atoms with Crippen molar-refractivity contribution in [1.29, 1.82) is 0 Å². The smallest absolute Gasteiger partial charge is 0.143 e. The third kappa shape index (κ3) is 1.25. The zero-order valence-corrected chi connectivity index (χ0v) is 6.17. The average molecular weight is 140 g/mol. The van der Waals surface area contributed by atoms with E-state index in [1.807, 2.05) is 6.92 Å². The van der Waals surface area contributed by atoms with E-state index in [1.165, 1.54) is 0 Å². The molecule has 0 aromatic carbocycles. The second-order valence-corrected chi connectivity index (χ2v) is 3.00. The van der Waals surface area contributed by atoms with Gasteiger partial charge in [-0.3, -0.25) is 4.79 Å². The molecule has 1 aliphatic carbocycles. The molecule has 0 aromatic heterocycles. The van der Waals surface area contributed by atoms with Gasteiger partial charge >= 0.3 is 0 Å². The molecule has 0 bridgehead atoms. The summed E-state index contributed by atoms with van der Waals surface area (Å²) in [7, 11) is 0. The summed E-state index contributed by atoms with van der Waals surface area (Å²) in [5.41, 5.74) is 0. The molecule has 0 heterocycles. The summed E-state index contributed by atoms with van der Waals surface area (Å²) in [5.74, 6) is 0.112. The molecule has 0 aromatic rings. The van der Waals surface area contributed by atoms with E-state index >= 15 is 0 Å². The van der Waals surface area contributed by atoms with Gasteiger partial charge < -0.3 is 4.79 Å². The Kier molecular flexibility index (Phi) is 2.20. The first-order chi connectivity index (χ1) is 4.75. The first-order valence-corrected chi connectivity index (χ1v) is 3.73. The maximum atomic E-state index is 11.0. The van der Waals surface area contributed by atoms with Crippen LogP contribution in [-0.2, 0) is 9.59 Å². The Morgan fingerprint density at radius 2 is 2.30 bits per heavy atom. The van der Waals surface area contributed by atoms with Gasteiger partial charge in [0.2, 0.25) is 0 Å². The molecule has 2 heteroatoms. The Hall–Kier alpha value is -0.660. The van der Waals surface area contributed by atoms with Gasteiger partial charge in [-0.15, -0.1) is 0 Å². The normalized spacial score (nSPS) is 33.9. The van der Waals surface area contributed by atoms with Gasteiger partial charge in [0.1, 0.15) is 12.1 Å². The molecular formula is C8H12O2. The van der Waals surface area contributed by atoms with Crippen LogP contribution in [0.2, 0.25) is 0 Å². The summed E-state index contributed by atoms with van der Waals surface area (Å²) in [6, 6.07) is 0. The van der Waals surface area contributed by atoms with Gasteiger partial charge in [0, 0.05) is 6.42 Å². The van der Waals surface area contributed by atoms with Crippen molar-refractivity contribution in [3.05, 3.63) is 0 Å². The molecule has 0 saturated heterocycles. The Labute approximate surface area is 60.6 Å². The summed E-state index contributed by atoms with van der Waals surface area (Å²) >= 11 is 0. The topological polar surface area (TPSA) is 34.1 Å². The van der Waals surface area contributed by atoms with Crippen molar-refractivity contribution >= 4 is 12.1 Å². The second-order valence-electron chi connectivity index (χ2n) is 3.00. The lowest BCUT2D eigenvalue weighted by molar-refractivity contribution is -0.131. The predicted octanol–water partition coefficient (Wildman–Crippen LogP) is 1.19. The molecular weight excluding hydrogens is 128 g/mol. The average Bonchev–Trinajstić information content (AvgIpc) is 1.88. The van der Waals surface area contributed by atoms with Gasteiger partial charge in [0.15, 0.2) is 0 Å². The summed E-state index contributed by atoms with van der Waals surface area (Å²) in [6.07, 6.45) is 3.39. The zero-order chi connectivity index (χ0) is 7.56. The fraction of sp³-hybridized carbons (Fsp3) is 0.750. The number of hydrogen-bond acceptors (Lipinski definition) is 2. The third-order valence-corrected chi connectivity index (χ3v) is 2.21. The maximum Gasteiger partial charge on any atom is 0.143 e. The van der Waals surface area contributed by atoms with Gasteiger partial charge in [0.05, 0.1) is 5.92 Å². The Morgan fingerprint density at radius 3 is 2.70 bits per heavy atom. The molecule has 1 saturated carbocycles. The van der Waals surface area contributed by atoms with Crippen molar-refractivity contribution in [2.24, 2.45) is 11.8 Å². The van der Waals surface area contributed by atoms with E-state index in [0.29, 0.717) is 6.42 Å². The van der Waals surface area contributed by atoms with Gasteiger partial charge in [-0.05, 0) is 18.8 Å². The van der Waals surface area contributed by atoms with Crippen LogP contribution in [0.1, 0.15) is 26.2 Å². The monoisotopic (exact) mass is 140 g/mol. The molecule has 0 radical (unpaired) electrons. The first kappa shape index (κ1) is 7.45. The SMILES string of the molecule is CC1CCCC(=O)C1C=O. The molecule has 0 amide bonds. The molecule has 1 fully saturated rings. The standard InChI is InChI=1S/C8H12O2/c1-6-3-2-4-8(10)7(6)5-9/h5-7H,2-4H2,1H3. The molecule has 2 nitrogen and oxygen atoms in total. The lowest BCUT2D eigenvalue weighted by Crippen LogP contribution is -2.27. The van der Waals surface area contributed by atoms with E-state index in [-0.39, 0.29) is 17.6 Å². The molecule has 1 aliphatic rings. The van der Waals surface area contributed by atoms with Crippen LogP contribution >= 0.6 is 0 Å². The lowest BCUT2D eigenvalue weighted by atomic mass is 9.80. The second kappa shape index (κ2) is 2.95. The van der Waals surface area contributed by atoms with Gasteiger partial charge in [-0.25, -0.2) is 0 Å². The van der Waals surface area contributed by atoms with Crippen LogP contribution in [-0.4, -0.2) is 12.1 Å². The molecule has 0 spiro atoms. The Bertz CT molecular complexity index is 151. The van der Waals surface area contributed by atoms with Crippen LogP contribution in [0.25, 0.3) is 0 Å². The van der Waals surface area contributed by atoms with Crippen LogP contribution in [0.3, 0.4) is 0 Å². The number of ketones is 1. The van der Waals surface area contributed by atoms with Crippen molar-refractivity contribution < 1.29 is 9.59 Å². The van der Waals surface area contributed by atoms with E-state index < -0.39 is 0 Å². The number of rotatable bonds is 1. The van der Waals surface area contributed by atoms with Crippen LogP contribution in [0.5, 0.6) is 0 Å². The van der Waals surface area contributed by atoms with Gasteiger partial charge in [0.25, 0.3) is 0 Å². The van der Waals surface area contributed by atoms with Crippen LogP contribution in [0.4, 0.5) is 0 Å². The van der Waals surface area contributed by atoms with Crippen LogP contribution < -0.4 is 0 Å². The lowest BCUT2D eigenvalue weighted by Gasteiger charge is -2.22. The van der Waals surface area contributed by atoms with Gasteiger partial charge in [-0.1, -0.05) is 6.92 Å². The maximum absolute atomic E-state index is 11.0. The van der Waals surface area contributed by atoms with Crippen molar-refractivity contribution in [3.8, 4) is 0 Å². The van der Waals surface area contributed by atoms with Crippen LogP contribution in [0.15, 0.2) is 0 Å². The summed E-state index contributed by atoms with van der Waals surface area (Å²) in [4.78, 5) is 21.4. The molecule has 1 rings (SSSR count). The van der Waals surface area contributed by atoms with E-state index in [9.17, 15) is 9.59 Å². The highest BCUT2D eigenvalue weighted by molar-refractivity contribution is 5.94. The molecule has 0 N–H and O–H groups in total. The molecule has 2 unspecified atom stereocenters. The molecule has 56 valence electrons. The highest BCUT2D eigenvalue weighted by atomic mass is 16.1. The quantitative estimate of drug-likeness (QED) is 0.405. The number of Topliss-reactive ketones (excluding diaryl/α,β-unsaturated/α-hetero) is 1. The number of hydrogen-bond donors (Lipinski definition) is 0. The Balaban J connectivity index is 2.62. The highest BCUT2D eigenvalue weighted by Gasteiger charge is 2.27. The minimum Gasteiger partial charge on any atom is -0.303 e.